The van der Waals surface area contributed by atoms with E-state index in [1.54, 1.807) is 91.0 Å². The Hall–Kier alpha value is -11.0. The number of nitrogens with zero attached hydrogens (tertiary/aromatic N) is 3. The highest BCUT2D eigenvalue weighted by Crippen LogP contribution is 2.27. The van der Waals surface area contributed by atoms with Crippen LogP contribution in [0.2, 0.25) is 0 Å². The summed E-state index contributed by atoms with van der Waals surface area (Å²) in [6.07, 6.45) is 17.4. The van der Waals surface area contributed by atoms with Gasteiger partial charge in [0.25, 0.3) is 6.29 Å². The van der Waals surface area contributed by atoms with Gasteiger partial charge in [-0.05, 0) is 128 Å². The van der Waals surface area contributed by atoms with Crippen LogP contribution in [0.25, 0.3) is 16.7 Å². The van der Waals surface area contributed by atoms with Gasteiger partial charge in [0, 0.05) is 37.5 Å². The minimum Gasteiger partial charge on any atom is -0.494 e. The number of carbonyl (C=O) groups is 6. The van der Waals surface area contributed by atoms with Crippen LogP contribution >= 0.6 is 0 Å². The quantitative estimate of drug-likeness (QED) is 0.0113. The number of rotatable bonds is 47. The molecule has 0 saturated heterocycles. The average molecular weight is 1400 g/mol. The smallest absolute Gasteiger partial charge is 0.343 e. The second kappa shape index (κ2) is 44.9. The fraction of sp³-hybridized carbons (Fsp3) is 0.370. The highest BCUT2D eigenvalue weighted by molar-refractivity contribution is 6.17. The predicted molar refractivity (Wildman–Crippen MR) is 376 cm³/mol. The first kappa shape index (κ1) is 80.0. The maximum absolute atomic E-state index is 14.0. The van der Waals surface area contributed by atoms with Crippen LogP contribution in [-0.2, 0) is 43.0 Å². The maximum Gasteiger partial charge on any atom is 0.343 e. The summed E-state index contributed by atoms with van der Waals surface area (Å²) >= 11 is 0. The minimum absolute atomic E-state index is 0.00277. The molecule has 0 fully saturated rings. The lowest BCUT2D eigenvalue weighted by Crippen LogP contribution is -2.26. The third-order valence-electron chi connectivity index (χ3n) is 16.2. The number of hydrogen-bond donors (Lipinski definition) is 0. The van der Waals surface area contributed by atoms with Gasteiger partial charge < -0.3 is 42.6 Å². The van der Waals surface area contributed by atoms with Gasteiger partial charge >= 0.3 is 35.8 Å². The SMILES string of the molecule is C=C(C(=O)Oc1ccc(C#N)c(F)c1)c1ccc(OCCCCCCCCCC(=O)OCCC(OC(=O)CCCCCCCCCOc2ccc(C(=C)C(=O)Oc3ccc(C#N)c(F)c3)cc2)OC(=O)CCCCCCCCCOc2ccc(C(=C)C(=O)Oc3ccc(C#N)c(F)c3)cc2)cc1. The van der Waals surface area contributed by atoms with Crippen molar-refractivity contribution in [1.82, 2.24) is 0 Å². The number of carbonyl (C=O) groups excluding carboxylic acids is 6. The molecule has 0 N–H and O–H groups in total. The predicted octanol–water partition coefficient (Wildman–Crippen LogP) is 17.8. The van der Waals surface area contributed by atoms with Crippen molar-refractivity contribution in [3.8, 4) is 52.7 Å². The van der Waals surface area contributed by atoms with E-state index in [0.29, 0.717) is 73.0 Å². The Morgan fingerprint density at radius 2 is 0.588 bits per heavy atom. The lowest BCUT2D eigenvalue weighted by atomic mass is 10.1. The lowest BCUT2D eigenvalue weighted by molar-refractivity contribution is -0.191. The fourth-order valence-electron chi connectivity index (χ4n) is 10.3. The summed E-state index contributed by atoms with van der Waals surface area (Å²) in [6.45, 7) is 12.8. The zero-order valence-electron chi connectivity index (χ0n) is 57.4. The van der Waals surface area contributed by atoms with Crippen LogP contribution in [0.4, 0.5) is 13.2 Å². The van der Waals surface area contributed by atoms with Crippen molar-refractivity contribution >= 4 is 52.5 Å². The molecule has 0 aliphatic carbocycles. The van der Waals surface area contributed by atoms with E-state index in [1.807, 2.05) is 0 Å². The van der Waals surface area contributed by atoms with Crippen LogP contribution in [0.3, 0.4) is 0 Å². The third-order valence-corrected chi connectivity index (χ3v) is 16.2. The van der Waals surface area contributed by atoms with Crippen molar-refractivity contribution in [3.05, 3.63) is 198 Å². The van der Waals surface area contributed by atoms with Gasteiger partial charge in [0.2, 0.25) is 0 Å². The fourth-order valence-corrected chi connectivity index (χ4v) is 10.3. The van der Waals surface area contributed by atoms with Gasteiger partial charge in [-0.25, -0.2) is 27.6 Å². The second-order valence-electron chi connectivity index (χ2n) is 24.1. The molecule has 6 rings (SSSR count). The first-order valence-corrected chi connectivity index (χ1v) is 34.5. The van der Waals surface area contributed by atoms with Crippen LogP contribution < -0.4 is 28.4 Å². The number of nitriles is 3. The Morgan fingerprint density at radius 3 is 0.863 bits per heavy atom. The summed E-state index contributed by atoms with van der Waals surface area (Å²) in [6, 6.07) is 36.2. The molecule has 0 amide bonds. The Bertz CT molecular complexity index is 3740. The van der Waals surface area contributed by atoms with Gasteiger partial charge in [-0.3, -0.25) is 14.4 Å². The third kappa shape index (κ3) is 29.5. The van der Waals surface area contributed by atoms with E-state index >= 15 is 0 Å². The van der Waals surface area contributed by atoms with Crippen LogP contribution in [0.1, 0.15) is 194 Å². The maximum atomic E-state index is 14.0. The molecular weight excluding hydrogens is 1310 g/mol. The molecule has 0 unspecified atom stereocenters. The summed E-state index contributed by atoms with van der Waals surface area (Å²) < 4.78 is 92.0. The molecular formula is C81H86F3N3O15. The van der Waals surface area contributed by atoms with Crippen LogP contribution in [0.15, 0.2) is 147 Å². The Kier molecular flexibility index (Phi) is 35.2. The largest absolute Gasteiger partial charge is 0.494 e. The van der Waals surface area contributed by atoms with Crippen LogP contribution in [0.5, 0.6) is 34.5 Å². The zero-order chi connectivity index (χ0) is 73.3. The molecule has 0 aromatic heterocycles. The topological polar surface area (TPSA) is 257 Å². The molecule has 0 heterocycles. The summed E-state index contributed by atoms with van der Waals surface area (Å²) in [5, 5.41) is 26.8. The van der Waals surface area contributed by atoms with Gasteiger partial charge in [0.05, 0.1) is 66.3 Å². The Morgan fingerprint density at radius 1 is 0.333 bits per heavy atom. The average Bonchev–Trinajstić information content (AvgIpc) is 0.869. The van der Waals surface area contributed by atoms with E-state index in [-0.39, 0.29) is 88.9 Å². The molecule has 0 saturated carbocycles. The molecule has 6 aromatic carbocycles. The van der Waals surface area contributed by atoms with Crippen molar-refractivity contribution in [2.24, 2.45) is 0 Å². The van der Waals surface area contributed by atoms with Crippen LogP contribution in [0, 0.1) is 51.4 Å². The molecule has 0 aliphatic rings. The standard InChI is InChI=1S/C81H86F3N3O15/c1-57(79(91)98-69-43-34-63(54-85)72(82)51-69)60-28-37-66(38-29-60)94-47-22-16-10-4-7-13-19-25-75(88)97-50-46-78(101-76(89)26-20-14-8-5-11-17-23-48-95-67-39-30-61(31-40-67)58(2)80(92)99-70-44-35-64(55-86)73(83)52-70)102-77(90)27-21-15-9-6-12-18-24-49-96-68-41-32-62(33-42-68)59(3)81(93)100-71-45-36-65(56-87)74(84)53-71/h28-45,51-53,78H,1-27,46-50H2. The van der Waals surface area contributed by atoms with E-state index < -0.39 is 53.6 Å². The molecule has 0 atom stereocenters. The van der Waals surface area contributed by atoms with E-state index in [0.717, 1.165) is 134 Å². The summed E-state index contributed by atoms with van der Waals surface area (Å²) in [5.74, 6) is -4.31. The Labute approximate surface area is 594 Å². The number of ether oxygens (including phenoxy) is 9. The normalized spacial score (nSPS) is 10.7. The molecule has 21 heteroatoms. The van der Waals surface area contributed by atoms with Crippen molar-refractivity contribution in [2.75, 3.05) is 26.4 Å². The van der Waals surface area contributed by atoms with Crippen molar-refractivity contribution in [1.29, 1.82) is 15.8 Å². The summed E-state index contributed by atoms with van der Waals surface area (Å²) in [4.78, 5) is 76.7. The molecule has 536 valence electrons. The summed E-state index contributed by atoms with van der Waals surface area (Å²) in [7, 11) is 0. The molecule has 0 radical (unpaired) electrons. The van der Waals surface area contributed by atoms with Crippen LogP contribution in [-0.4, -0.2) is 68.5 Å². The molecule has 102 heavy (non-hydrogen) atoms. The van der Waals surface area contributed by atoms with Gasteiger partial charge in [-0.1, -0.05) is 152 Å². The molecule has 0 bridgehead atoms. The van der Waals surface area contributed by atoms with Gasteiger partial charge in [0.1, 0.15) is 70.2 Å². The zero-order valence-corrected chi connectivity index (χ0v) is 57.4. The van der Waals surface area contributed by atoms with E-state index in [4.69, 9.17) is 58.4 Å². The van der Waals surface area contributed by atoms with E-state index in [1.165, 1.54) is 36.4 Å². The first-order valence-electron chi connectivity index (χ1n) is 34.5. The highest BCUT2D eigenvalue weighted by Gasteiger charge is 2.22. The molecule has 0 spiro atoms. The van der Waals surface area contributed by atoms with Gasteiger partial charge in [-0.2, -0.15) is 15.8 Å². The summed E-state index contributed by atoms with van der Waals surface area (Å²) in [5.41, 5.74) is 1.27. The van der Waals surface area contributed by atoms with E-state index in [9.17, 15) is 41.9 Å². The first-order chi connectivity index (χ1) is 49.4. The molecule has 18 nitrogen and oxygen atoms in total. The van der Waals surface area contributed by atoms with Gasteiger partial charge in [0.15, 0.2) is 0 Å². The lowest BCUT2D eigenvalue weighted by Gasteiger charge is -2.18. The van der Waals surface area contributed by atoms with Crippen molar-refractivity contribution in [3.63, 3.8) is 0 Å². The number of benzene rings is 6. The molecule has 0 aliphatic heterocycles. The minimum atomic E-state index is -1.21. The second-order valence-corrected chi connectivity index (χ2v) is 24.1. The number of halogens is 3. The highest BCUT2D eigenvalue weighted by atomic mass is 19.1. The van der Waals surface area contributed by atoms with Gasteiger partial charge in [-0.15, -0.1) is 0 Å². The number of esters is 6. The number of hydrogen-bond acceptors (Lipinski definition) is 18. The number of unbranched alkanes of at least 4 members (excludes halogenated alkanes) is 18. The van der Waals surface area contributed by atoms with Crippen molar-refractivity contribution in [2.45, 2.75) is 167 Å². The molecule has 6 aromatic rings. The van der Waals surface area contributed by atoms with Crippen molar-refractivity contribution < 1.29 is 84.6 Å². The van der Waals surface area contributed by atoms with E-state index in [2.05, 4.69) is 19.7 Å². The monoisotopic (exact) mass is 1400 g/mol. The Balaban J connectivity index is 0.815.